The Morgan fingerprint density at radius 3 is 2.73 bits per heavy atom. The van der Waals surface area contributed by atoms with Crippen molar-refractivity contribution in [3.8, 4) is 5.75 Å². The molecule has 4 aromatic rings. The van der Waals surface area contributed by atoms with Crippen molar-refractivity contribution in [2.24, 2.45) is 0 Å². The summed E-state index contributed by atoms with van der Waals surface area (Å²) in [4.78, 5) is 2.38. The second-order valence-electron chi connectivity index (χ2n) is 7.72. The van der Waals surface area contributed by atoms with Gasteiger partial charge in [-0.2, -0.15) is 8.75 Å². The molecular formula is C24H23N3O2S. The summed E-state index contributed by atoms with van der Waals surface area (Å²) in [5.41, 5.74) is 6.30. The summed E-state index contributed by atoms with van der Waals surface area (Å²) in [5.74, 6) is 0.910. The van der Waals surface area contributed by atoms with Gasteiger partial charge >= 0.3 is 0 Å². The molecule has 0 saturated heterocycles. The Labute approximate surface area is 179 Å². The summed E-state index contributed by atoms with van der Waals surface area (Å²) in [6, 6.07) is 22.4. The predicted molar refractivity (Wildman–Crippen MR) is 119 cm³/mol. The smallest absolute Gasteiger partial charge is 0.123 e. The second-order valence-corrected chi connectivity index (χ2v) is 8.25. The first-order chi connectivity index (χ1) is 14.7. The highest BCUT2D eigenvalue weighted by molar-refractivity contribution is 7.00. The fraction of sp³-hybridized carbons (Fsp3) is 0.250. The van der Waals surface area contributed by atoms with E-state index in [0.29, 0.717) is 13.0 Å². The predicted octanol–water partition coefficient (Wildman–Crippen LogP) is 4.36. The third kappa shape index (κ3) is 4.21. The molecule has 5 rings (SSSR count). The van der Waals surface area contributed by atoms with Crippen molar-refractivity contribution in [1.29, 1.82) is 0 Å². The van der Waals surface area contributed by atoms with Crippen molar-refractivity contribution in [3.05, 3.63) is 89.0 Å². The molecule has 0 aliphatic carbocycles. The van der Waals surface area contributed by atoms with Crippen molar-refractivity contribution in [1.82, 2.24) is 13.6 Å². The number of aliphatic hydroxyl groups excluding tert-OH is 1. The van der Waals surface area contributed by atoms with Crippen molar-refractivity contribution in [3.63, 3.8) is 0 Å². The molecule has 0 spiro atoms. The molecule has 152 valence electrons. The molecule has 0 amide bonds. The Balaban J connectivity index is 1.33. The van der Waals surface area contributed by atoms with Crippen molar-refractivity contribution in [2.75, 3.05) is 13.2 Å². The minimum absolute atomic E-state index is 0.533. The standard InChI is InChI=1S/C24H23N3O2S/c28-23(13-17-4-2-1-3-5-17)19-7-9-24-20(14-19)16-27(10-11-29-24)15-18-6-8-21-22(12-18)26-30-25-21/h1-9,12,14,23,28H,10-11,13,15-16H2. The number of aliphatic hydroxyl groups is 1. The summed E-state index contributed by atoms with van der Waals surface area (Å²) in [7, 11) is 0. The molecule has 0 fully saturated rings. The highest BCUT2D eigenvalue weighted by atomic mass is 32.1. The number of fused-ring (bicyclic) bond motifs is 2. The maximum absolute atomic E-state index is 10.8. The van der Waals surface area contributed by atoms with E-state index >= 15 is 0 Å². The Morgan fingerprint density at radius 1 is 0.967 bits per heavy atom. The van der Waals surface area contributed by atoms with Gasteiger partial charge in [0.1, 0.15) is 23.4 Å². The Hall–Kier alpha value is -2.80. The molecular weight excluding hydrogens is 394 g/mol. The van der Waals surface area contributed by atoms with E-state index in [1.807, 2.05) is 48.5 Å². The number of hydrogen-bond donors (Lipinski definition) is 1. The maximum Gasteiger partial charge on any atom is 0.123 e. The normalized spacial score (nSPS) is 15.4. The first-order valence-corrected chi connectivity index (χ1v) is 10.9. The van der Waals surface area contributed by atoms with E-state index in [9.17, 15) is 5.11 Å². The number of rotatable bonds is 5. The number of aromatic nitrogens is 2. The summed E-state index contributed by atoms with van der Waals surface area (Å²) in [6.45, 7) is 3.12. The molecule has 1 N–H and O–H groups in total. The van der Waals surface area contributed by atoms with Gasteiger partial charge in [0.25, 0.3) is 0 Å². The monoisotopic (exact) mass is 417 g/mol. The van der Waals surface area contributed by atoms with Crippen LogP contribution >= 0.6 is 11.7 Å². The van der Waals surface area contributed by atoms with Crippen molar-refractivity contribution < 1.29 is 9.84 Å². The third-order valence-corrected chi connectivity index (χ3v) is 6.08. The molecule has 2 heterocycles. The molecule has 0 bridgehead atoms. The summed E-state index contributed by atoms with van der Waals surface area (Å²) in [5, 5.41) is 10.8. The molecule has 6 heteroatoms. The summed E-state index contributed by atoms with van der Waals surface area (Å²) in [6.07, 6.45) is 0.0697. The van der Waals surface area contributed by atoms with E-state index in [0.717, 1.165) is 53.1 Å². The van der Waals surface area contributed by atoms with Gasteiger partial charge < -0.3 is 9.84 Å². The molecule has 0 saturated carbocycles. The van der Waals surface area contributed by atoms with Crippen LogP contribution in [0.4, 0.5) is 0 Å². The molecule has 1 unspecified atom stereocenters. The molecule has 5 nitrogen and oxygen atoms in total. The summed E-state index contributed by atoms with van der Waals surface area (Å²) >= 11 is 1.25. The topological polar surface area (TPSA) is 58.5 Å². The average Bonchev–Trinajstić information content (AvgIpc) is 3.13. The van der Waals surface area contributed by atoms with Gasteiger partial charge in [-0.25, -0.2) is 0 Å². The number of hydrogen-bond acceptors (Lipinski definition) is 6. The minimum Gasteiger partial charge on any atom is -0.492 e. The number of ether oxygens (including phenoxy) is 1. The van der Waals surface area contributed by atoms with Gasteiger partial charge in [-0.1, -0.05) is 42.5 Å². The zero-order valence-corrected chi connectivity index (χ0v) is 17.4. The van der Waals surface area contributed by atoms with Crippen LogP contribution in [0.15, 0.2) is 66.7 Å². The van der Waals surface area contributed by atoms with Gasteiger partial charge in [0.2, 0.25) is 0 Å². The van der Waals surface area contributed by atoms with Crippen LogP contribution in [0.25, 0.3) is 11.0 Å². The Morgan fingerprint density at radius 2 is 1.83 bits per heavy atom. The Bertz CT molecular complexity index is 1150. The van der Waals surface area contributed by atoms with Crippen LogP contribution in [0, 0.1) is 0 Å². The molecule has 30 heavy (non-hydrogen) atoms. The quantitative estimate of drug-likeness (QED) is 0.523. The van der Waals surface area contributed by atoms with E-state index in [-0.39, 0.29) is 0 Å². The van der Waals surface area contributed by atoms with E-state index in [4.69, 9.17) is 4.74 Å². The van der Waals surface area contributed by atoms with Gasteiger partial charge in [-0.05, 0) is 41.0 Å². The van der Waals surface area contributed by atoms with Gasteiger partial charge in [0.15, 0.2) is 0 Å². The van der Waals surface area contributed by atoms with E-state index in [1.54, 1.807) is 0 Å². The molecule has 1 atom stereocenters. The van der Waals surface area contributed by atoms with Gasteiger partial charge in [0.05, 0.1) is 17.8 Å². The fourth-order valence-corrected chi connectivity index (χ4v) is 4.47. The first kappa shape index (κ1) is 19.2. The van der Waals surface area contributed by atoms with Crippen LogP contribution in [0.2, 0.25) is 0 Å². The zero-order chi connectivity index (χ0) is 20.3. The Kier molecular flexibility index (Phi) is 5.45. The SMILES string of the molecule is OC(Cc1ccccc1)c1ccc2c(c1)CN(Cc1ccc3nsnc3c1)CCO2. The van der Waals surface area contributed by atoms with Gasteiger partial charge in [-0.15, -0.1) is 0 Å². The average molecular weight is 418 g/mol. The van der Waals surface area contributed by atoms with Crippen LogP contribution < -0.4 is 4.74 Å². The van der Waals surface area contributed by atoms with Crippen LogP contribution in [0.5, 0.6) is 5.75 Å². The highest BCUT2D eigenvalue weighted by Gasteiger charge is 2.18. The molecule has 1 aliphatic rings. The van der Waals surface area contributed by atoms with E-state index in [1.165, 1.54) is 17.3 Å². The van der Waals surface area contributed by atoms with Crippen LogP contribution in [-0.4, -0.2) is 31.9 Å². The summed E-state index contributed by atoms with van der Waals surface area (Å²) < 4.78 is 14.6. The lowest BCUT2D eigenvalue weighted by Gasteiger charge is -2.20. The van der Waals surface area contributed by atoms with Crippen molar-refractivity contribution >= 4 is 22.8 Å². The number of benzene rings is 3. The minimum atomic E-state index is -0.533. The van der Waals surface area contributed by atoms with Gasteiger partial charge in [-0.3, -0.25) is 4.90 Å². The van der Waals surface area contributed by atoms with Gasteiger partial charge in [0, 0.05) is 31.6 Å². The lowest BCUT2D eigenvalue weighted by molar-refractivity contribution is 0.178. The lowest BCUT2D eigenvalue weighted by Crippen LogP contribution is -2.25. The first-order valence-electron chi connectivity index (χ1n) is 10.2. The van der Waals surface area contributed by atoms with Crippen LogP contribution in [0.3, 0.4) is 0 Å². The zero-order valence-electron chi connectivity index (χ0n) is 16.6. The molecule has 1 aliphatic heterocycles. The molecule has 1 aromatic heterocycles. The molecule has 3 aromatic carbocycles. The van der Waals surface area contributed by atoms with E-state index in [2.05, 4.69) is 31.8 Å². The lowest BCUT2D eigenvalue weighted by atomic mass is 9.99. The van der Waals surface area contributed by atoms with E-state index < -0.39 is 6.10 Å². The fourth-order valence-electron chi connectivity index (χ4n) is 3.95. The largest absolute Gasteiger partial charge is 0.492 e. The van der Waals surface area contributed by atoms with Crippen LogP contribution in [0.1, 0.15) is 28.4 Å². The molecule has 0 radical (unpaired) electrons. The van der Waals surface area contributed by atoms with Crippen molar-refractivity contribution in [2.45, 2.75) is 25.6 Å². The third-order valence-electron chi connectivity index (χ3n) is 5.52. The second kappa shape index (κ2) is 8.52. The maximum atomic E-state index is 10.8. The highest BCUT2D eigenvalue weighted by Crippen LogP contribution is 2.29. The number of nitrogens with zero attached hydrogens (tertiary/aromatic N) is 3. The van der Waals surface area contributed by atoms with Crippen LogP contribution in [-0.2, 0) is 19.5 Å².